The average Bonchev–Trinajstić information content (AvgIpc) is 2.88. The van der Waals surface area contributed by atoms with E-state index in [9.17, 15) is 23.4 Å². The van der Waals surface area contributed by atoms with Crippen LogP contribution in [0.25, 0.3) is 0 Å². The number of rotatable bonds is 4. The molecule has 1 aromatic carbocycles. The Hall–Kier alpha value is -1.74. The number of fused-ring (bicyclic) bond motifs is 3. The van der Waals surface area contributed by atoms with Crippen LogP contribution in [0.4, 0.5) is 0 Å². The highest BCUT2D eigenvalue weighted by molar-refractivity contribution is 7.86. The monoisotopic (exact) mass is 436 g/mol. The van der Waals surface area contributed by atoms with Crippen LogP contribution in [0.5, 0.6) is 0 Å². The van der Waals surface area contributed by atoms with E-state index in [-0.39, 0.29) is 16.7 Å². The second-order valence-corrected chi connectivity index (χ2v) is 10.8. The molecule has 1 saturated carbocycles. The first-order valence-electron chi connectivity index (χ1n) is 10.3. The summed E-state index contributed by atoms with van der Waals surface area (Å²) in [6, 6.07) is 6.03. The molecule has 2 fully saturated rings. The Kier molecular flexibility index (Phi) is 4.93. The molecule has 3 unspecified atom stereocenters. The number of hydrogen-bond acceptors (Lipinski definition) is 7. The largest absolute Gasteiger partial charge is 0.452 e. The van der Waals surface area contributed by atoms with E-state index >= 15 is 0 Å². The van der Waals surface area contributed by atoms with Crippen molar-refractivity contribution >= 4 is 16.1 Å². The molecule has 1 saturated heterocycles. The summed E-state index contributed by atoms with van der Waals surface area (Å²) in [5, 5.41) is 22.7. The molecule has 0 amide bonds. The van der Waals surface area contributed by atoms with Gasteiger partial charge in [-0.1, -0.05) is 30.2 Å². The van der Waals surface area contributed by atoms with Gasteiger partial charge in [-0.25, -0.2) is 4.79 Å². The molecule has 1 aromatic rings. The van der Waals surface area contributed by atoms with Gasteiger partial charge in [0.2, 0.25) is 5.60 Å². The molecule has 2 N–H and O–H groups in total. The third-order valence-electron chi connectivity index (χ3n) is 7.16. The SMILES string of the molecule is CC1=C2C3OC(=O)C(O)(COS(=O)(=O)c4ccc(C)cc4)[C@]3(O)CCC2(C)CCC1. The summed E-state index contributed by atoms with van der Waals surface area (Å²) in [5.41, 5.74) is -1.84. The van der Waals surface area contributed by atoms with Gasteiger partial charge >= 0.3 is 5.97 Å². The standard InChI is InChI=1S/C22H28O7S/c1-14-6-8-16(9-7-14)30(26,27)28-13-22(25)19(23)29-18-17-15(2)5-4-10-20(17,3)11-12-21(18,22)24/h6-9,18,24-25H,4-5,10-13H2,1-3H3/t18?,20?,21-,22?/m0/s1. The number of aliphatic hydroxyl groups is 2. The van der Waals surface area contributed by atoms with Crippen molar-refractivity contribution in [3.63, 3.8) is 0 Å². The number of benzene rings is 1. The molecule has 0 spiro atoms. The summed E-state index contributed by atoms with van der Waals surface area (Å²) in [5.74, 6) is -1.05. The number of carbonyl (C=O) groups is 1. The predicted molar refractivity (Wildman–Crippen MR) is 108 cm³/mol. The molecule has 0 aromatic heterocycles. The van der Waals surface area contributed by atoms with Crippen LogP contribution in [0, 0.1) is 12.3 Å². The summed E-state index contributed by atoms with van der Waals surface area (Å²) in [7, 11) is -4.23. The van der Waals surface area contributed by atoms with Crippen LogP contribution < -0.4 is 0 Å². The molecule has 164 valence electrons. The molecule has 4 rings (SSSR count). The predicted octanol–water partition coefficient (Wildman–Crippen LogP) is 2.39. The van der Waals surface area contributed by atoms with Gasteiger partial charge in [0.1, 0.15) is 12.2 Å². The van der Waals surface area contributed by atoms with Gasteiger partial charge in [0.15, 0.2) is 6.10 Å². The zero-order valence-corrected chi connectivity index (χ0v) is 18.3. The molecule has 8 heteroatoms. The first-order chi connectivity index (χ1) is 13.9. The maximum atomic E-state index is 12.7. The minimum Gasteiger partial charge on any atom is -0.452 e. The van der Waals surface area contributed by atoms with Crippen LogP contribution in [0.1, 0.15) is 51.5 Å². The minimum atomic E-state index is -4.23. The van der Waals surface area contributed by atoms with Crippen LogP contribution >= 0.6 is 0 Å². The van der Waals surface area contributed by atoms with E-state index in [0.29, 0.717) is 6.42 Å². The number of ether oxygens (including phenoxy) is 1. The van der Waals surface area contributed by atoms with Crippen LogP contribution in [-0.2, 0) is 23.8 Å². The molecule has 30 heavy (non-hydrogen) atoms. The molecule has 0 radical (unpaired) electrons. The molecule has 2 aliphatic carbocycles. The maximum Gasteiger partial charge on any atom is 0.344 e. The van der Waals surface area contributed by atoms with Crippen molar-refractivity contribution in [1.82, 2.24) is 0 Å². The summed E-state index contributed by atoms with van der Waals surface area (Å²) in [6.07, 6.45) is 2.45. The third kappa shape index (κ3) is 3.04. The Morgan fingerprint density at radius 3 is 2.47 bits per heavy atom. The lowest BCUT2D eigenvalue weighted by Gasteiger charge is -2.50. The topological polar surface area (TPSA) is 110 Å². The molecule has 7 nitrogen and oxygen atoms in total. The number of esters is 1. The minimum absolute atomic E-state index is 0.0892. The van der Waals surface area contributed by atoms with Crippen molar-refractivity contribution in [2.45, 2.75) is 75.1 Å². The molecular weight excluding hydrogens is 408 g/mol. The van der Waals surface area contributed by atoms with Crippen LogP contribution in [0.2, 0.25) is 0 Å². The number of carbonyl (C=O) groups excluding carboxylic acids is 1. The van der Waals surface area contributed by atoms with Crippen LogP contribution in [-0.4, -0.2) is 48.5 Å². The van der Waals surface area contributed by atoms with Crippen molar-refractivity contribution in [3.8, 4) is 0 Å². The average molecular weight is 437 g/mol. The number of hydrogen-bond donors (Lipinski definition) is 2. The lowest BCUT2D eigenvalue weighted by molar-refractivity contribution is -0.175. The van der Waals surface area contributed by atoms with E-state index in [4.69, 9.17) is 8.92 Å². The normalized spacial score (nSPS) is 36.3. The Bertz CT molecular complexity index is 1010. The van der Waals surface area contributed by atoms with Gasteiger partial charge in [-0.15, -0.1) is 0 Å². The fourth-order valence-electron chi connectivity index (χ4n) is 5.25. The summed E-state index contributed by atoms with van der Waals surface area (Å²) < 4.78 is 35.7. The highest BCUT2D eigenvalue weighted by Gasteiger charge is 2.71. The Morgan fingerprint density at radius 2 is 1.80 bits per heavy atom. The van der Waals surface area contributed by atoms with Gasteiger partial charge in [0.25, 0.3) is 10.1 Å². The quantitative estimate of drug-likeness (QED) is 0.424. The van der Waals surface area contributed by atoms with E-state index in [1.807, 2.05) is 13.8 Å². The van der Waals surface area contributed by atoms with E-state index in [1.54, 1.807) is 12.1 Å². The highest BCUT2D eigenvalue weighted by Crippen LogP contribution is 2.58. The zero-order chi connectivity index (χ0) is 21.9. The van der Waals surface area contributed by atoms with Gasteiger partial charge in [-0.2, -0.15) is 8.42 Å². The van der Waals surface area contributed by atoms with E-state index < -0.39 is 40.0 Å². The summed E-state index contributed by atoms with van der Waals surface area (Å²) in [6.45, 7) is 4.97. The highest BCUT2D eigenvalue weighted by atomic mass is 32.2. The second-order valence-electron chi connectivity index (χ2n) is 9.21. The first kappa shape index (κ1) is 21.5. The van der Waals surface area contributed by atoms with Gasteiger partial charge < -0.3 is 14.9 Å². The lowest BCUT2D eigenvalue weighted by Crippen LogP contribution is -2.64. The fraction of sp³-hybridized carbons (Fsp3) is 0.591. The lowest BCUT2D eigenvalue weighted by atomic mass is 9.57. The van der Waals surface area contributed by atoms with Crippen LogP contribution in [0.15, 0.2) is 40.3 Å². The molecule has 1 heterocycles. The van der Waals surface area contributed by atoms with Gasteiger partial charge in [-0.05, 0) is 69.1 Å². The van der Waals surface area contributed by atoms with Crippen molar-refractivity contribution < 1.29 is 32.3 Å². The van der Waals surface area contributed by atoms with E-state index in [1.165, 1.54) is 12.1 Å². The zero-order valence-electron chi connectivity index (χ0n) is 17.5. The number of allylic oxidation sites excluding steroid dienone is 1. The van der Waals surface area contributed by atoms with E-state index in [2.05, 4.69) is 6.92 Å². The summed E-state index contributed by atoms with van der Waals surface area (Å²) in [4.78, 5) is 12.6. The third-order valence-corrected chi connectivity index (χ3v) is 8.43. The Balaban J connectivity index is 1.64. The van der Waals surface area contributed by atoms with Crippen molar-refractivity contribution in [1.29, 1.82) is 0 Å². The molecule has 4 atom stereocenters. The fourth-order valence-corrected chi connectivity index (χ4v) is 6.18. The van der Waals surface area contributed by atoms with Gasteiger partial charge in [0.05, 0.1) is 4.90 Å². The molecule has 0 bridgehead atoms. The smallest absolute Gasteiger partial charge is 0.344 e. The Morgan fingerprint density at radius 1 is 1.13 bits per heavy atom. The van der Waals surface area contributed by atoms with Gasteiger partial charge in [-0.3, -0.25) is 4.18 Å². The first-order valence-corrected chi connectivity index (χ1v) is 11.7. The Labute approximate surface area is 176 Å². The van der Waals surface area contributed by atoms with Crippen molar-refractivity contribution in [2.75, 3.05) is 6.61 Å². The number of aryl methyl sites for hydroxylation is 1. The summed E-state index contributed by atoms with van der Waals surface area (Å²) >= 11 is 0. The molecular formula is C22H28O7S. The molecule has 1 aliphatic heterocycles. The molecule has 3 aliphatic rings. The van der Waals surface area contributed by atoms with E-state index in [0.717, 1.165) is 36.0 Å². The van der Waals surface area contributed by atoms with Gasteiger partial charge in [0, 0.05) is 0 Å². The second kappa shape index (κ2) is 6.88. The van der Waals surface area contributed by atoms with Crippen molar-refractivity contribution in [2.24, 2.45) is 5.41 Å². The maximum absolute atomic E-state index is 12.7. The van der Waals surface area contributed by atoms with Crippen LogP contribution in [0.3, 0.4) is 0 Å². The van der Waals surface area contributed by atoms with Crippen molar-refractivity contribution in [3.05, 3.63) is 41.0 Å².